The van der Waals surface area contributed by atoms with Gasteiger partial charge in [0.25, 0.3) is 0 Å². The maximum Gasteiger partial charge on any atom is 0.0972 e. The second-order valence-corrected chi connectivity index (χ2v) is 20.7. The lowest BCUT2D eigenvalue weighted by atomic mass is 9.91. The van der Waals surface area contributed by atoms with E-state index in [4.69, 9.17) is 24.9 Å². The highest BCUT2D eigenvalue weighted by Crippen LogP contribution is 2.42. The number of hydrogen-bond donors (Lipinski definition) is 0. The molecule has 0 spiro atoms. The van der Waals surface area contributed by atoms with Gasteiger partial charge in [-0.1, -0.05) is 188 Å². The zero-order chi connectivity index (χ0) is 51.0. The highest BCUT2D eigenvalue weighted by molar-refractivity contribution is 6.25. The molecule has 0 fully saturated rings. The molecule has 78 heavy (non-hydrogen) atoms. The van der Waals surface area contributed by atoms with E-state index in [1.807, 2.05) is 12.3 Å². The van der Waals surface area contributed by atoms with Crippen molar-refractivity contribution < 1.29 is 0 Å². The van der Waals surface area contributed by atoms with Crippen molar-refractivity contribution in [3.05, 3.63) is 249 Å². The van der Waals surface area contributed by atoms with E-state index in [2.05, 4.69) is 237 Å². The molecule has 0 N–H and O–H groups in total. The van der Waals surface area contributed by atoms with Gasteiger partial charge in [-0.15, -0.1) is 0 Å². The molecule has 0 radical (unpaired) electrons. The van der Waals surface area contributed by atoms with Gasteiger partial charge in [-0.3, -0.25) is 4.98 Å². The van der Waals surface area contributed by atoms with Gasteiger partial charge in [0.2, 0.25) is 0 Å². The van der Waals surface area contributed by atoms with Gasteiger partial charge in [0.05, 0.1) is 50.4 Å². The van der Waals surface area contributed by atoms with E-state index in [1.54, 1.807) is 0 Å². The van der Waals surface area contributed by atoms with Crippen LogP contribution in [-0.2, 0) is 0 Å². The summed E-state index contributed by atoms with van der Waals surface area (Å²) in [6, 6.07) is 87.5. The van der Waals surface area contributed by atoms with Gasteiger partial charge >= 0.3 is 0 Å². The molecule has 17 aromatic rings. The van der Waals surface area contributed by atoms with E-state index < -0.39 is 0 Å². The van der Waals surface area contributed by atoms with Gasteiger partial charge in [0.1, 0.15) is 0 Å². The predicted octanol–water partition coefficient (Wildman–Crippen LogP) is 19.2. The standard InChI is InChI=1S/C73H41N5/c1-2-10-54-42(8-1)17-25-52-40-61(56-11-3-5-13-58(56)67(52)54)65-35-30-45-18-15-43-16-24-51(39-60(43)69(45)77-65)64-34-29-48-22-21-47-28-33-63(75-72(47)73(48)76-64)50-27-32-55-49(38-50)23-26-53-41-62(57-12-4-6-14-59(57)68(53)55)66-36-31-46-20-19-44-9-7-37-74-70(44)71(46)78-66/h1-41H. The fourth-order valence-electron chi connectivity index (χ4n) is 12.6. The first-order valence-electron chi connectivity index (χ1n) is 26.5. The lowest BCUT2D eigenvalue weighted by Crippen LogP contribution is -1.92. The van der Waals surface area contributed by atoms with Crippen LogP contribution in [0, 0.1) is 0 Å². The van der Waals surface area contributed by atoms with Crippen molar-refractivity contribution in [3.63, 3.8) is 0 Å². The molecule has 0 aliphatic heterocycles. The molecule has 358 valence electrons. The van der Waals surface area contributed by atoms with Crippen molar-refractivity contribution in [3.8, 4) is 45.0 Å². The van der Waals surface area contributed by atoms with Crippen LogP contribution in [0.3, 0.4) is 0 Å². The summed E-state index contributed by atoms with van der Waals surface area (Å²) in [6.45, 7) is 0. The SMILES string of the molecule is c1ccc2c(c1)ccc1cc(-c3ccc4ccc5ccc(-c6ccc7ccc8ccc(-c9ccc%10c(ccc%11cc(-c%12ccc%13ccc%14cccnc%14c%13n%12)c%12ccccc%12c%11%10)c9)nc8c7n6)cc5c4n3)c3ccccc3c12. The Hall–Kier alpha value is -10.5. The van der Waals surface area contributed by atoms with E-state index in [-0.39, 0.29) is 0 Å². The third-order valence-electron chi connectivity index (χ3n) is 16.4. The number of pyridine rings is 5. The Labute approximate surface area is 446 Å². The van der Waals surface area contributed by atoms with Crippen LogP contribution in [0.4, 0.5) is 0 Å². The van der Waals surface area contributed by atoms with Crippen LogP contribution < -0.4 is 0 Å². The van der Waals surface area contributed by atoms with Crippen molar-refractivity contribution >= 4 is 130 Å². The Balaban J connectivity index is 0.756. The topological polar surface area (TPSA) is 64.5 Å². The van der Waals surface area contributed by atoms with E-state index in [0.717, 1.165) is 116 Å². The monoisotopic (exact) mass is 987 g/mol. The molecule has 0 unspecified atom stereocenters. The van der Waals surface area contributed by atoms with E-state index in [1.165, 1.54) is 59.2 Å². The van der Waals surface area contributed by atoms with Crippen LogP contribution >= 0.6 is 0 Å². The van der Waals surface area contributed by atoms with Crippen LogP contribution in [0.1, 0.15) is 0 Å². The number of rotatable bonds is 4. The average Bonchev–Trinajstić information content (AvgIpc) is 3.57. The largest absolute Gasteiger partial charge is 0.254 e. The van der Waals surface area contributed by atoms with Crippen molar-refractivity contribution in [2.45, 2.75) is 0 Å². The second kappa shape index (κ2) is 16.5. The summed E-state index contributed by atoms with van der Waals surface area (Å²) in [4.78, 5) is 26.3. The van der Waals surface area contributed by atoms with Gasteiger partial charge in [-0.2, -0.15) is 0 Å². The highest BCUT2D eigenvalue weighted by Gasteiger charge is 2.18. The Kier molecular flexibility index (Phi) is 9.06. The number of aromatic nitrogens is 5. The van der Waals surface area contributed by atoms with Crippen LogP contribution in [-0.4, -0.2) is 24.9 Å². The number of hydrogen-bond acceptors (Lipinski definition) is 5. The number of fused-ring (bicyclic) bond motifs is 19. The van der Waals surface area contributed by atoms with E-state index in [0.29, 0.717) is 0 Å². The van der Waals surface area contributed by atoms with Crippen molar-refractivity contribution in [1.29, 1.82) is 0 Å². The molecule has 5 nitrogen and oxygen atoms in total. The fraction of sp³-hybridized carbons (Fsp3) is 0. The predicted molar refractivity (Wildman–Crippen MR) is 327 cm³/mol. The first kappa shape index (κ1) is 42.8. The van der Waals surface area contributed by atoms with Gasteiger partial charge in [0.15, 0.2) is 0 Å². The molecule has 0 bridgehead atoms. The molecule has 0 amide bonds. The summed E-state index contributed by atoms with van der Waals surface area (Å²) in [7, 11) is 0. The summed E-state index contributed by atoms with van der Waals surface area (Å²) in [6.07, 6.45) is 1.85. The Morgan fingerprint density at radius 1 is 0.205 bits per heavy atom. The van der Waals surface area contributed by atoms with Crippen LogP contribution in [0.25, 0.3) is 175 Å². The van der Waals surface area contributed by atoms with E-state index >= 15 is 0 Å². The molecule has 17 rings (SSSR count). The van der Waals surface area contributed by atoms with Crippen molar-refractivity contribution in [2.24, 2.45) is 0 Å². The molecule has 12 aromatic carbocycles. The minimum Gasteiger partial charge on any atom is -0.254 e. The molecule has 0 aliphatic carbocycles. The lowest BCUT2D eigenvalue weighted by molar-refractivity contribution is 1.37. The lowest BCUT2D eigenvalue weighted by Gasteiger charge is -2.14. The summed E-state index contributed by atoms with van der Waals surface area (Å²) < 4.78 is 0. The van der Waals surface area contributed by atoms with E-state index in [9.17, 15) is 0 Å². The maximum absolute atomic E-state index is 5.50. The normalized spacial score (nSPS) is 12.1. The summed E-state index contributed by atoms with van der Waals surface area (Å²) in [5.41, 5.74) is 12.6. The summed E-state index contributed by atoms with van der Waals surface area (Å²) in [5, 5.41) is 22.1. The summed E-state index contributed by atoms with van der Waals surface area (Å²) in [5.74, 6) is 0. The quantitative estimate of drug-likeness (QED) is 0.164. The molecule has 0 saturated heterocycles. The zero-order valence-corrected chi connectivity index (χ0v) is 41.9. The van der Waals surface area contributed by atoms with Gasteiger partial charge < -0.3 is 0 Å². The summed E-state index contributed by atoms with van der Waals surface area (Å²) >= 11 is 0. The van der Waals surface area contributed by atoms with Crippen LogP contribution in [0.15, 0.2) is 249 Å². The fourth-order valence-corrected chi connectivity index (χ4v) is 12.6. The molecular weight excluding hydrogens is 947 g/mol. The molecule has 5 heteroatoms. The molecule has 0 aliphatic rings. The first-order chi connectivity index (χ1) is 38.6. The smallest absolute Gasteiger partial charge is 0.0972 e. The highest BCUT2D eigenvalue weighted by atomic mass is 14.8. The minimum atomic E-state index is 0.876. The molecule has 5 heterocycles. The zero-order valence-electron chi connectivity index (χ0n) is 41.9. The number of benzene rings is 12. The van der Waals surface area contributed by atoms with Gasteiger partial charge in [-0.25, -0.2) is 19.9 Å². The number of nitrogens with zero attached hydrogens (tertiary/aromatic N) is 5. The van der Waals surface area contributed by atoms with Crippen molar-refractivity contribution in [2.75, 3.05) is 0 Å². The maximum atomic E-state index is 5.50. The molecule has 0 saturated carbocycles. The third-order valence-corrected chi connectivity index (χ3v) is 16.4. The van der Waals surface area contributed by atoms with Crippen molar-refractivity contribution in [1.82, 2.24) is 24.9 Å². The first-order valence-corrected chi connectivity index (χ1v) is 26.5. The van der Waals surface area contributed by atoms with Crippen LogP contribution in [0.2, 0.25) is 0 Å². The molecule has 5 aromatic heterocycles. The Morgan fingerprint density at radius 2 is 0.590 bits per heavy atom. The average molecular weight is 988 g/mol. The third kappa shape index (κ3) is 6.52. The second-order valence-electron chi connectivity index (χ2n) is 20.7. The minimum absolute atomic E-state index is 0.876. The Bertz CT molecular complexity index is 5470. The Morgan fingerprint density at radius 3 is 1.22 bits per heavy atom. The molecular formula is C73H41N5. The van der Waals surface area contributed by atoms with Crippen LogP contribution in [0.5, 0.6) is 0 Å². The van der Waals surface area contributed by atoms with Gasteiger partial charge in [0, 0.05) is 60.8 Å². The molecule has 0 atom stereocenters. The van der Waals surface area contributed by atoms with Gasteiger partial charge in [-0.05, 0) is 125 Å².